The molecule has 0 aromatic carbocycles. The molecule has 0 bridgehead atoms. The standard InChI is InChI=1S/C8H14N2O2S/c1-5(2)6(3)12-8-10-9-7(4-11)13-8/h5-6,11H,4H2,1-3H3. The molecule has 0 amide bonds. The number of aromatic nitrogens is 2. The molecule has 1 aromatic rings. The summed E-state index contributed by atoms with van der Waals surface area (Å²) >= 11 is 1.28. The van der Waals surface area contributed by atoms with Gasteiger partial charge in [0.05, 0.1) is 6.61 Å². The van der Waals surface area contributed by atoms with Crippen molar-refractivity contribution in [1.29, 1.82) is 0 Å². The molecule has 0 aliphatic heterocycles. The van der Waals surface area contributed by atoms with Crippen LogP contribution in [-0.4, -0.2) is 21.4 Å². The van der Waals surface area contributed by atoms with E-state index in [1.165, 1.54) is 11.3 Å². The molecule has 0 saturated heterocycles. The van der Waals surface area contributed by atoms with Gasteiger partial charge in [-0.15, -0.1) is 5.10 Å². The van der Waals surface area contributed by atoms with Crippen molar-refractivity contribution in [2.75, 3.05) is 0 Å². The van der Waals surface area contributed by atoms with Crippen LogP contribution in [0.25, 0.3) is 0 Å². The van der Waals surface area contributed by atoms with Crippen LogP contribution < -0.4 is 4.74 Å². The summed E-state index contributed by atoms with van der Waals surface area (Å²) in [6, 6.07) is 0. The third kappa shape index (κ3) is 2.93. The van der Waals surface area contributed by atoms with E-state index in [1.807, 2.05) is 6.92 Å². The van der Waals surface area contributed by atoms with E-state index in [1.54, 1.807) is 0 Å². The highest BCUT2D eigenvalue weighted by Crippen LogP contribution is 2.20. The van der Waals surface area contributed by atoms with Gasteiger partial charge in [0.25, 0.3) is 5.19 Å². The largest absolute Gasteiger partial charge is 0.466 e. The van der Waals surface area contributed by atoms with E-state index in [2.05, 4.69) is 24.0 Å². The molecule has 1 aromatic heterocycles. The third-order valence-corrected chi connectivity index (χ3v) is 2.61. The molecule has 74 valence electrons. The van der Waals surface area contributed by atoms with E-state index < -0.39 is 0 Å². The molecule has 0 aliphatic carbocycles. The van der Waals surface area contributed by atoms with Crippen LogP contribution in [0.5, 0.6) is 5.19 Å². The van der Waals surface area contributed by atoms with Gasteiger partial charge >= 0.3 is 0 Å². The monoisotopic (exact) mass is 202 g/mol. The smallest absolute Gasteiger partial charge is 0.294 e. The third-order valence-electron chi connectivity index (χ3n) is 1.81. The zero-order valence-corrected chi connectivity index (χ0v) is 8.84. The predicted molar refractivity (Wildman–Crippen MR) is 50.8 cm³/mol. The summed E-state index contributed by atoms with van der Waals surface area (Å²) in [4.78, 5) is 0. The lowest BCUT2D eigenvalue weighted by Gasteiger charge is -2.14. The maximum atomic E-state index is 8.75. The average molecular weight is 202 g/mol. The quantitative estimate of drug-likeness (QED) is 0.803. The second-order valence-corrected chi connectivity index (χ2v) is 4.21. The molecular formula is C8H14N2O2S. The lowest BCUT2D eigenvalue weighted by molar-refractivity contribution is 0.168. The van der Waals surface area contributed by atoms with Crippen LogP contribution in [0.3, 0.4) is 0 Å². The Kier molecular flexibility index (Phi) is 3.62. The predicted octanol–water partition coefficient (Wildman–Crippen LogP) is 1.45. The molecule has 1 atom stereocenters. The van der Waals surface area contributed by atoms with Crippen molar-refractivity contribution in [3.8, 4) is 5.19 Å². The molecular weight excluding hydrogens is 188 g/mol. The Hall–Kier alpha value is -0.680. The first-order valence-electron chi connectivity index (χ1n) is 4.23. The molecule has 1 heterocycles. The van der Waals surface area contributed by atoms with Crippen molar-refractivity contribution >= 4 is 11.3 Å². The number of aliphatic hydroxyl groups excluding tert-OH is 1. The summed E-state index contributed by atoms with van der Waals surface area (Å²) in [5, 5.41) is 17.4. The molecule has 1 N–H and O–H groups in total. The Morgan fingerprint density at radius 2 is 2.08 bits per heavy atom. The van der Waals surface area contributed by atoms with Crippen molar-refractivity contribution in [1.82, 2.24) is 10.2 Å². The molecule has 4 nitrogen and oxygen atoms in total. The fraction of sp³-hybridized carbons (Fsp3) is 0.750. The summed E-state index contributed by atoms with van der Waals surface area (Å²) in [6.07, 6.45) is 0.125. The number of ether oxygens (including phenoxy) is 1. The van der Waals surface area contributed by atoms with Crippen molar-refractivity contribution < 1.29 is 9.84 Å². The fourth-order valence-electron chi connectivity index (χ4n) is 0.645. The number of hydrogen-bond donors (Lipinski definition) is 1. The van der Waals surface area contributed by atoms with Gasteiger partial charge in [0.2, 0.25) is 0 Å². The van der Waals surface area contributed by atoms with Crippen molar-refractivity contribution in [3.05, 3.63) is 5.01 Å². The first-order chi connectivity index (χ1) is 6.13. The van der Waals surface area contributed by atoms with Gasteiger partial charge in [0, 0.05) is 0 Å². The van der Waals surface area contributed by atoms with Crippen LogP contribution >= 0.6 is 11.3 Å². The zero-order valence-electron chi connectivity index (χ0n) is 8.02. The van der Waals surface area contributed by atoms with Gasteiger partial charge in [-0.05, 0) is 12.8 Å². The Bertz CT molecular complexity index is 262. The van der Waals surface area contributed by atoms with Crippen molar-refractivity contribution in [2.45, 2.75) is 33.5 Å². The maximum absolute atomic E-state index is 8.75. The highest BCUT2D eigenvalue weighted by molar-refractivity contribution is 7.13. The van der Waals surface area contributed by atoms with Crippen LogP contribution in [0.2, 0.25) is 0 Å². The van der Waals surface area contributed by atoms with Crippen molar-refractivity contribution in [3.63, 3.8) is 0 Å². The number of hydrogen-bond acceptors (Lipinski definition) is 5. The van der Waals surface area contributed by atoms with E-state index in [-0.39, 0.29) is 12.7 Å². The second-order valence-electron chi connectivity index (χ2n) is 3.19. The van der Waals surface area contributed by atoms with E-state index in [9.17, 15) is 0 Å². The van der Waals surface area contributed by atoms with Gasteiger partial charge in [0.1, 0.15) is 11.1 Å². The molecule has 0 saturated carbocycles. The lowest BCUT2D eigenvalue weighted by atomic mass is 10.1. The van der Waals surface area contributed by atoms with Crippen LogP contribution in [-0.2, 0) is 6.61 Å². The molecule has 0 aliphatic rings. The minimum atomic E-state index is -0.0723. The molecule has 0 fully saturated rings. The Morgan fingerprint density at radius 1 is 1.38 bits per heavy atom. The van der Waals surface area contributed by atoms with Gasteiger partial charge < -0.3 is 9.84 Å². The van der Waals surface area contributed by atoms with Gasteiger partial charge in [-0.2, -0.15) is 0 Å². The van der Waals surface area contributed by atoms with E-state index in [0.29, 0.717) is 16.1 Å². The fourth-order valence-corrected chi connectivity index (χ4v) is 1.27. The highest BCUT2D eigenvalue weighted by Gasteiger charge is 2.11. The highest BCUT2D eigenvalue weighted by atomic mass is 32.1. The van der Waals surface area contributed by atoms with E-state index in [0.717, 1.165) is 0 Å². The zero-order chi connectivity index (χ0) is 9.84. The first kappa shape index (κ1) is 10.4. The van der Waals surface area contributed by atoms with Crippen LogP contribution in [0.1, 0.15) is 25.8 Å². The topological polar surface area (TPSA) is 55.2 Å². The minimum absolute atomic E-state index is 0.0723. The molecule has 13 heavy (non-hydrogen) atoms. The van der Waals surface area contributed by atoms with Crippen molar-refractivity contribution in [2.24, 2.45) is 5.92 Å². The Morgan fingerprint density at radius 3 is 2.54 bits per heavy atom. The Labute approximate surface area is 81.6 Å². The SMILES string of the molecule is CC(C)C(C)Oc1nnc(CO)s1. The normalized spacial score (nSPS) is 13.3. The summed E-state index contributed by atoms with van der Waals surface area (Å²) in [5.41, 5.74) is 0. The lowest BCUT2D eigenvalue weighted by Crippen LogP contribution is -2.18. The van der Waals surface area contributed by atoms with E-state index in [4.69, 9.17) is 9.84 Å². The molecule has 0 spiro atoms. The van der Waals surface area contributed by atoms with Crippen LogP contribution in [0, 0.1) is 5.92 Å². The summed E-state index contributed by atoms with van der Waals surface area (Å²) < 4.78 is 5.49. The molecule has 1 rings (SSSR count). The number of aliphatic hydroxyl groups is 1. The number of rotatable bonds is 4. The van der Waals surface area contributed by atoms with E-state index >= 15 is 0 Å². The second kappa shape index (κ2) is 4.53. The van der Waals surface area contributed by atoms with Gasteiger partial charge in [0.15, 0.2) is 0 Å². The summed E-state index contributed by atoms with van der Waals surface area (Å²) in [7, 11) is 0. The minimum Gasteiger partial charge on any atom is -0.466 e. The molecule has 1 unspecified atom stereocenters. The van der Waals surface area contributed by atoms with Gasteiger partial charge in [-0.25, -0.2) is 0 Å². The molecule has 0 radical (unpaired) electrons. The Balaban J connectivity index is 2.53. The maximum Gasteiger partial charge on any atom is 0.294 e. The van der Waals surface area contributed by atoms with Crippen LogP contribution in [0.4, 0.5) is 0 Å². The first-order valence-corrected chi connectivity index (χ1v) is 5.05. The van der Waals surface area contributed by atoms with Crippen LogP contribution in [0.15, 0.2) is 0 Å². The average Bonchev–Trinajstić information content (AvgIpc) is 2.52. The molecule has 5 heteroatoms. The summed E-state index contributed by atoms with van der Waals surface area (Å²) in [5.74, 6) is 0.446. The van der Waals surface area contributed by atoms with Gasteiger partial charge in [-0.3, -0.25) is 0 Å². The van der Waals surface area contributed by atoms with Gasteiger partial charge in [-0.1, -0.05) is 30.3 Å². The summed E-state index contributed by atoms with van der Waals surface area (Å²) in [6.45, 7) is 6.08. The number of nitrogens with zero attached hydrogens (tertiary/aromatic N) is 2.